The molecule has 13 rings (SSSR count). The molecule has 2 heteroatoms. The van der Waals surface area contributed by atoms with E-state index in [2.05, 4.69) is 271 Å². The Labute approximate surface area is 401 Å². The van der Waals surface area contributed by atoms with E-state index in [-0.39, 0.29) is 0 Å². The van der Waals surface area contributed by atoms with Gasteiger partial charge in [-0.3, -0.25) is 0 Å². The molecular weight excluding hydrogens is 833 g/mol. The lowest BCUT2D eigenvalue weighted by Gasteiger charge is -2.17. The Morgan fingerprint density at radius 1 is 0.232 bits per heavy atom. The van der Waals surface area contributed by atoms with Crippen molar-refractivity contribution in [3.8, 4) is 83.8 Å². The first kappa shape index (κ1) is 40.2. The molecule has 0 aliphatic carbocycles. The lowest BCUT2D eigenvalue weighted by molar-refractivity contribution is 1.18. The predicted octanol–water partition coefficient (Wildman–Crippen LogP) is 18.2. The second-order valence-corrected chi connectivity index (χ2v) is 17.9. The third-order valence-corrected chi connectivity index (χ3v) is 13.7. The van der Waals surface area contributed by atoms with E-state index in [4.69, 9.17) is 4.98 Å². The van der Waals surface area contributed by atoms with Crippen molar-refractivity contribution < 1.29 is 0 Å². The van der Waals surface area contributed by atoms with Gasteiger partial charge in [0.15, 0.2) is 0 Å². The van der Waals surface area contributed by atoms with Gasteiger partial charge >= 0.3 is 0 Å². The smallest absolute Gasteiger partial charge is 0.0716 e. The van der Waals surface area contributed by atoms with Crippen LogP contribution in [0.2, 0.25) is 0 Å². The predicted molar refractivity (Wildman–Crippen MR) is 292 cm³/mol. The van der Waals surface area contributed by atoms with Gasteiger partial charge in [-0.25, -0.2) is 4.98 Å². The zero-order valence-corrected chi connectivity index (χ0v) is 37.8. The van der Waals surface area contributed by atoms with Crippen LogP contribution in [0.5, 0.6) is 0 Å². The van der Waals surface area contributed by atoms with Gasteiger partial charge in [-0.2, -0.15) is 0 Å². The van der Waals surface area contributed by atoms with Crippen LogP contribution in [0.1, 0.15) is 0 Å². The number of hydrogen-bond acceptors (Lipinski definition) is 1. The quantitative estimate of drug-likeness (QED) is 0.139. The van der Waals surface area contributed by atoms with Gasteiger partial charge in [0.1, 0.15) is 0 Å². The first-order valence-electron chi connectivity index (χ1n) is 23.7. The van der Waals surface area contributed by atoms with E-state index >= 15 is 0 Å². The van der Waals surface area contributed by atoms with Gasteiger partial charge in [0.25, 0.3) is 0 Å². The highest BCUT2D eigenvalue weighted by Crippen LogP contribution is 2.42. The van der Waals surface area contributed by atoms with Gasteiger partial charge in [0, 0.05) is 27.6 Å². The largest absolute Gasteiger partial charge is 0.309 e. The van der Waals surface area contributed by atoms with E-state index in [1.54, 1.807) is 0 Å². The maximum Gasteiger partial charge on any atom is 0.0716 e. The highest BCUT2D eigenvalue weighted by Gasteiger charge is 2.19. The zero-order chi connectivity index (χ0) is 45.7. The number of benzene rings is 11. The number of hydrogen-bond donors (Lipinski definition) is 0. The Kier molecular flexibility index (Phi) is 9.88. The Balaban J connectivity index is 1.10. The van der Waals surface area contributed by atoms with Gasteiger partial charge in [0.2, 0.25) is 0 Å². The van der Waals surface area contributed by atoms with Crippen molar-refractivity contribution >= 4 is 43.4 Å². The van der Waals surface area contributed by atoms with Crippen LogP contribution in [0.25, 0.3) is 127 Å². The van der Waals surface area contributed by atoms with E-state index in [0.717, 1.165) is 78.2 Å². The van der Waals surface area contributed by atoms with Crippen molar-refractivity contribution in [2.24, 2.45) is 0 Å². The van der Waals surface area contributed by atoms with Gasteiger partial charge < -0.3 is 4.57 Å². The van der Waals surface area contributed by atoms with Gasteiger partial charge in [-0.1, -0.05) is 200 Å². The first-order valence-corrected chi connectivity index (χ1v) is 23.7. The van der Waals surface area contributed by atoms with Crippen molar-refractivity contribution in [3.05, 3.63) is 267 Å². The van der Waals surface area contributed by atoms with Crippen molar-refractivity contribution in [3.63, 3.8) is 0 Å². The third-order valence-electron chi connectivity index (χ3n) is 13.7. The minimum absolute atomic E-state index is 0.900. The van der Waals surface area contributed by atoms with E-state index in [1.807, 2.05) is 0 Å². The number of nitrogens with zero attached hydrogens (tertiary/aromatic N) is 2. The molecular formula is C67H44N2. The van der Waals surface area contributed by atoms with Gasteiger partial charge in [-0.15, -0.1) is 0 Å². The fourth-order valence-electron chi connectivity index (χ4n) is 10.4. The average Bonchev–Trinajstić information content (AvgIpc) is 3.77. The van der Waals surface area contributed by atoms with Crippen LogP contribution in [-0.4, -0.2) is 9.55 Å². The molecule has 0 atom stereocenters. The standard InChI is InChI=1S/C67H44N2/c1-5-19-45(20-6-1)49-33-34-62-61-31-17-18-32-66(61)69(67(62)44-49)57-39-54(63-41-50-27-13-14-28-58(50)59-29-15-16-30-60(59)63)38-56(40-57)65-43-53(48-25-11-4-12-26-48)42-64(68-65)55-36-51(46-21-7-2-8-22-46)35-52(37-55)47-23-9-3-10-24-47/h1-44H. The summed E-state index contributed by atoms with van der Waals surface area (Å²) in [6.45, 7) is 0. The number of fused-ring (bicyclic) bond motifs is 6. The molecule has 13 aromatic rings. The van der Waals surface area contributed by atoms with Gasteiger partial charge in [-0.05, 0) is 144 Å². The zero-order valence-electron chi connectivity index (χ0n) is 37.8. The highest BCUT2D eigenvalue weighted by molar-refractivity contribution is 6.14. The number of aromatic nitrogens is 2. The number of para-hydroxylation sites is 1. The number of pyridine rings is 1. The molecule has 0 radical (unpaired) electrons. The highest BCUT2D eigenvalue weighted by atomic mass is 15.0. The molecule has 0 saturated heterocycles. The molecule has 2 nitrogen and oxygen atoms in total. The van der Waals surface area contributed by atoms with Crippen LogP contribution in [0.3, 0.4) is 0 Å². The summed E-state index contributed by atoms with van der Waals surface area (Å²) in [6, 6.07) is 97.0. The summed E-state index contributed by atoms with van der Waals surface area (Å²) in [6.07, 6.45) is 0. The van der Waals surface area contributed by atoms with E-state index in [1.165, 1.54) is 49.0 Å². The lowest BCUT2D eigenvalue weighted by atomic mass is 9.91. The topological polar surface area (TPSA) is 17.8 Å². The summed E-state index contributed by atoms with van der Waals surface area (Å²) in [5, 5.41) is 7.34. The molecule has 0 fully saturated rings. The second-order valence-electron chi connectivity index (χ2n) is 17.9. The van der Waals surface area contributed by atoms with Crippen LogP contribution < -0.4 is 0 Å². The molecule has 0 bridgehead atoms. The summed E-state index contributed by atoms with van der Waals surface area (Å²) in [7, 11) is 0. The molecule has 2 heterocycles. The molecule has 0 N–H and O–H groups in total. The Morgan fingerprint density at radius 2 is 0.667 bits per heavy atom. The minimum atomic E-state index is 0.900. The Bertz CT molecular complexity index is 3980. The summed E-state index contributed by atoms with van der Waals surface area (Å²) >= 11 is 0. The summed E-state index contributed by atoms with van der Waals surface area (Å²) in [5.41, 5.74) is 18.8. The molecule has 0 spiro atoms. The molecule has 322 valence electrons. The van der Waals surface area contributed by atoms with E-state index in [0.29, 0.717) is 0 Å². The van der Waals surface area contributed by atoms with Crippen molar-refractivity contribution in [1.82, 2.24) is 9.55 Å². The van der Waals surface area contributed by atoms with Crippen LogP contribution in [0.4, 0.5) is 0 Å². The van der Waals surface area contributed by atoms with Crippen LogP contribution in [-0.2, 0) is 0 Å². The summed E-state index contributed by atoms with van der Waals surface area (Å²) in [5.74, 6) is 0. The average molecular weight is 877 g/mol. The normalized spacial score (nSPS) is 11.5. The maximum absolute atomic E-state index is 5.71. The summed E-state index contributed by atoms with van der Waals surface area (Å²) in [4.78, 5) is 5.71. The summed E-state index contributed by atoms with van der Waals surface area (Å²) < 4.78 is 2.46. The van der Waals surface area contributed by atoms with Gasteiger partial charge in [0.05, 0.1) is 22.4 Å². The molecule has 0 saturated carbocycles. The van der Waals surface area contributed by atoms with Crippen molar-refractivity contribution in [1.29, 1.82) is 0 Å². The van der Waals surface area contributed by atoms with Crippen LogP contribution in [0, 0.1) is 0 Å². The van der Waals surface area contributed by atoms with E-state index in [9.17, 15) is 0 Å². The van der Waals surface area contributed by atoms with Crippen LogP contribution >= 0.6 is 0 Å². The first-order chi connectivity index (χ1) is 34.2. The monoisotopic (exact) mass is 876 g/mol. The molecule has 69 heavy (non-hydrogen) atoms. The fourth-order valence-corrected chi connectivity index (χ4v) is 10.4. The fraction of sp³-hybridized carbons (Fsp3) is 0. The van der Waals surface area contributed by atoms with Crippen LogP contribution in [0.15, 0.2) is 267 Å². The maximum atomic E-state index is 5.71. The third kappa shape index (κ3) is 7.36. The molecule has 2 aromatic heterocycles. The second kappa shape index (κ2) is 17.0. The number of rotatable bonds is 8. The SMILES string of the molecule is c1ccc(-c2cc(-c3ccccc3)cc(-c3cc(-c4ccccc4)cc(-c4cc(-c5cc6ccccc6c6ccccc56)cc(-n5c6ccccc6c6ccc(-c7ccccc7)cc65)c4)n3)c2)cc1. The molecule has 0 amide bonds. The lowest BCUT2D eigenvalue weighted by Crippen LogP contribution is -1.98. The minimum Gasteiger partial charge on any atom is -0.309 e. The van der Waals surface area contributed by atoms with E-state index < -0.39 is 0 Å². The molecule has 0 aliphatic heterocycles. The van der Waals surface area contributed by atoms with Crippen molar-refractivity contribution in [2.75, 3.05) is 0 Å². The molecule has 0 aliphatic rings. The Hall–Kier alpha value is -9.11. The Morgan fingerprint density at radius 3 is 1.29 bits per heavy atom. The molecule has 0 unspecified atom stereocenters. The molecule has 11 aromatic carbocycles. The van der Waals surface area contributed by atoms with Crippen molar-refractivity contribution in [2.45, 2.75) is 0 Å².